The van der Waals surface area contributed by atoms with Gasteiger partial charge >= 0.3 is 0 Å². The SMILES string of the molecule is C[C@@H](Nc1c(Nc2ccc(O)c(-c3ccccn3)c2)c(=O)c1=O)c1cccc(O)c1. The number of anilines is 3. The van der Waals surface area contributed by atoms with Crippen LogP contribution in [0.2, 0.25) is 0 Å². The number of aromatic hydroxyl groups is 2. The van der Waals surface area contributed by atoms with Gasteiger partial charge in [-0.3, -0.25) is 14.6 Å². The van der Waals surface area contributed by atoms with Gasteiger partial charge < -0.3 is 20.8 Å². The van der Waals surface area contributed by atoms with Gasteiger partial charge in [0, 0.05) is 23.5 Å². The van der Waals surface area contributed by atoms with Crippen molar-refractivity contribution in [1.82, 2.24) is 4.98 Å². The van der Waals surface area contributed by atoms with Crippen molar-refractivity contribution in [2.45, 2.75) is 13.0 Å². The molecule has 0 aliphatic heterocycles. The number of aromatic nitrogens is 1. The fourth-order valence-electron chi connectivity index (χ4n) is 3.23. The molecule has 4 rings (SSSR count). The summed E-state index contributed by atoms with van der Waals surface area (Å²) in [4.78, 5) is 28.5. The Kier molecular flexibility index (Phi) is 4.93. The number of phenolic OH excluding ortho intramolecular Hbond substituents is 2. The highest BCUT2D eigenvalue weighted by Crippen LogP contribution is 2.32. The summed E-state index contributed by atoms with van der Waals surface area (Å²) >= 11 is 0. The normalized spacial score (nSPS) is 11.9. The fourth-order valence-corrected chi connectivity index (χ4v) is 3.23. The molecule has 0 aliphatic carbocycles. The molecule has 0 amide bonds. The summed E-state index contributed by atoms with van der Waals surface area (Å²) in [6, 6.07) is 16.5. The molecule has 30 heavy (non-hydrogen) atoms. The van der Waals surface area contributed by atoms with Crippen LogP contribution in [-0.2, 0) is 0 Å². The number of pyridine rings is 1. The van der Waals surface area contributed by atoms with Crippen LogP contribution in [0.4, 0.5) is 17.1 Å². The molecule has 150 valence electrons. The van der Waals surface area contributed by atoms with Gasteiger partial charge in [0.25, 0.3) is 10.9 Å². The van der Waals surface area contributed by atoms with Gasteiger partial charge in [0.15, 0.2) is 0 Å². The second-order valence-corrected chi connectivity index (χ2v) is 6.94. The van der Waals surface area contributed by atoms with Crippen molar-refractivity contribution in [3.05, 3.63) is 92.9 Å². The van der Waals surface area contributed by atoms with Crippen molar-refractivity contribution in [3.8, 4) is 22.8 Å². The predicted octanol–water partition coefficient (Wildman–Crippen LogP) is 3.67. The summed E-state index contributed by atoms with van der Waals surface area (Å²) < 4.78 is 0. The molecule has 0 spiro atoms. The monoisotopic (exact) mass is 401 g/mol. The Morgan fingerprint density at radius 2 is 1.70 bits per heavy atom. The lowest BCUT2D eigenvalue weighted by molar-refractivity contribution is 0.474. The van der Waals surface area contributed by atoms with Crippen LogP contribution in [-0.4, -0.2) is 15.2 Å². The summed E-state index contributed by atoms with van der Waals surface area (Å²) in [7, 11) is 0. The average Bonchev–Trinajstić information content (AvgIpc) is 2.77. The molecule has 3 aromatic carbocycles. The van der Waals surface area contributed by atoms with Gasteiger partial charge in [-0.25, -0.2) is 0 Å². The molecule has 7 nitrogen and oxygen atoms in total. The quantitative estimate of drug-likeness (QED) is 0.288. The summed E-state index contributed by atoms with van der Waals surface area (Å²) in [5.74, 6) is 0.177. The largest absolute Gasteiger partial charge is 0.508 e. The van der Waals surface area contributed by atoms with E-state index in [9.17, 15) is 19.8 Å². The molecule has 1 aromatic heterocycles. The first kappa shape index (κ1) is 19.2. The molecular weight excluding hydrogens is 382 g/mol. The third-order valence-corrected chi connectivity index (χ3v) is 4.85. The molecule has 0 bridgehead atoms. The third-order valence-electron chi connectivity index (χ3n) is 4.85. The van der Waals surface area contributed by atoms with Crippen molar-refractivity contribution in [1.29, 1.82) is 0 Å². The first-order valence-electron chi connectivity index (χ1n) is 9.34. The van der Waals surface area contributed by atoms with E-state index in [1.807, 2.05) is 19.1 Å². The predicted molar refractivity (Wildman–Crippen MR) is 116 cm³/mol. The highest BCUT2D eigenvalue weighted by atomic mass is 16.3. The molecule has 0 unspecified atom stereocenters. The van der Waals surface area contributed by atoms with E-state index >= 15 is 0 Å². The highest BCUT2D eigenvalue weighted by Gasteiger charge is 2.23. The molecular formula is C23H19N3O4. The number of nitrogens with one attached hydrogen (secondary N) is 2. The minimum atomic E-state index is -0.618. The molecule has 0 aliphatic rings. The number of nitrogens with zero attached hydrogens (tertiary/aromatic N) is 1. The third kappa shape index (κ3) is 3.60. The molecule has 4 N–H and O–H groups in total. The first-order chi connectivity index (χ1) is 14.4. The molecule has 7 heteroatoms. The molecule has 0 fully saturated rings. The Hall–Kier alpha value is -4.13. The maximum absolute atomic E-state index is 12.2. The van der Waals surface area contributed by atoms with Gasteiger partial charge in [0.2, 0.25) is 0 Å². The molecule has 0 saturated carbocycles. The van der Waals surface area contributed by atoms with Gasteiger partial charge in [-0.2, -0.15) is 0 Å². The van der Waals surface area contributed by atoms with Crippen LogP contribution in [0.25, 0.3) is 11.3 Å². The fraction of sp³-hybridized carbons (Fsp3) is 0.0870. The van der Waals surface area contributed by atoms with Crippen LogP contribution in [0.3, 0.4) is 0 Å². The summed E-state index contributed by atoms with van der Waals surface area (Å²) in [5.41, 5.74) is 1.51. The maximum atomic E-state index is 12.2. The Balaban J connectivity index is 1.60. The smallest absolute Gasteiger partial charge is 0.253 e. The zero-order valence-electron chi connectivity index (χ0n) is 16.1. The standard InChI is InChI=1S/C23H19N3O4/c1-13(14-5-4-6-16(27)11-14)25-20-21(23(30)22(20)29)26-15-8-9-19(28)17(12-15)18-7-2-3-10-24-18/h2-13,25-28H,1H3/t13-/m1/s1. The topological polar surface area (TPSA) is 112 Å². The van der Waals surface area contributed by atoms with Gasteiger partial charge in [0.05, 0.1) is 5.69 Å². The number of hydrogen-bond acceptors (Lipinski definition) is 7. The van der Waals surface area contributed by atoms with E-state index in [1.54, 1.807) is 48.7 Å². The Bertz CT molecular complexity index is 1280. The summed E-state index contributed by atoms with van der Waals surface area (Å²) in [6.07, 6.45) is 1.62. The Morgan fingerprint density at radius 3 is 2.43 bits per heavy atom. The summed E-state index contributed by atoms with van der Waals surface area (Å²) in [5, 5.41) is 25.8. The Morgan fingerprint density at radius 1 is 0.900 bits per heavy atom. The summed E-state index contributed by atoms with van der Waals surface area (Å²) in [6.45, 7) is 1.83. The van der Waals surface area contributed by atoms with Crippen molar-refractivity contribution in [3.63, 3.8) is 0 Å². The minimum Gasteiger partial charge on any atom is -0.508 e. The molecule has 4 aromatic rings. The maximum Gasteiger partial charge on any atom is 0.253 e. The van der Waals surface area contributed by atoms with Crippen LogP contribution in [0.15, 0.2) is 76.4 Å². The van der Waals surface area contributed by atoms with Crippen LogP contribution < -0.4 is 21.5 Å². The zero-order valence-corrected chi connectivity index (χ0v) is 16.1. The Labute approximate surface area is 172 Å². The lowest BCUT2D eigenvalue weighted by Crippen LogP contribution is -2.37. The number of rotatable bonds is 6. The second kappa shape index (κ2) is 7.71. The van der Waals surface area contributed by atoms with E-state index in [1.165, 1.54) is 6.07 Å². The van der Waals surface area contributed by atoms with E-state index in [0.29, 0.717) is 16.9 Å². The molecule has 0 radical (unpaired) electrons. The van der Waals surface area contributed by atoms with E-state index < -0.39 is 10.9 Å². The second-order valence-electron chi connectivity index (χ2n) is 6.94. The molecule has 0 saturated heterocycles. The van der Waals surface area contributed by atoms with Crippen LogP contribution in [0.5, 0.6) is 11.5 Å². The van der Waals surface area contributed by atoms with E-state index in [-0.39, 0.29) is 28.9 Å². The lowest BCUT2D eigenvalue weighted by atomic mass is 10.1. The molecule has 1 heterocycles. The van der Waals surface area contributed by atoms with Crippen molar-refractivity contribution in [2.75, 3.05) is 10.6 Å². The average molecular weight is 401 g/mol. The van der Waals surface area contributed by atoms with Crippen molar-refractivity contribution in [2.24, 2.45) is 0 Å². The van der Waals surface area contributed by atoms with E-state index in [4.69, 9.17) is 0 Å². The zero-order chi connectivity index (χ0) is 21.3. The number of benzene rings is 2. The van der Waals surface area contributed by atoms with Crippen molar-refractivity contribution >= 4 is 17.1 Å². The van der Waals surface area contributed by atoms with Crippen LogP contribution in [0, 0.1) is 0 Å². The van der Waals surface area contributed by atoms with Gasteiger partial charge in [0.1, 0.15) is 22.9 Å². The van der Waals surface area contributed by atoms with E-state index in [0.717, 1.165) is 5.56 Å². The van der Waals surface area contributed by atoms with Crippen molar-refractivity contribution < 1.29 is 10.2 Å². The lowest BCUT2D eigenvalue weighted by Gasteiger charge is -2.20. The minimum absolute atomic E-state index is 0.0556. The van der Waals surface area contributed by atoms with Gasteiger partial charge in [-0.1, -0.05) is 18.2 Å². The van der Waals surface area contributed by atoms with E-state index in [2.05, 4.69) is 15.6 Å². The number of phenols is 2. The highest BCUT2D eigenvalue weighted by molar-refractivity contribution is 5.81. The van der Waals surface area contributed by atoms with Gasteiger partial charge in [-0.05, 0) is 55.0 Å². The number of hydrogen-bond donors (Lipinski definition) is 4. The van der Waals surface area contributed by atoms with Crippen LogP contribution >= 0.6 is 0 Å². The van der Waals surface area contributed by atoms with Crippen LogP contribution in [0.1, 0.15) is 18.5 Å². The molecule has 1 atom stereocenters. The first-order valence-corrected chi connectivity index (χ1v) is 9.34. The van der Waals surface area contributed by atoms with Gasteiger partial charge in [-0.15, -0.1) is 0 Å².